The summed E-state index contributed by atoms with van der Waals surface area (Å²) in [5.41, 5.74) is 6.05. The molecule has 0 spiro atoms. The van der Waals surface area contributed by atoms with Crippen molar-refractivity contribution in [1.29, 1.82) is 0 Å². The molecule has 0 aliphatic rings. The molecule has 0 bridgehead atoms. The van der Waals surface area contributed by atoms with Gasteiger partial charge in [-0.05, 0) is 60.4 Å². The average Bonchev–Trinajstić information content (AvgIpc) is 2.47. The number of hydrogen-bond acceptors (Lipinski definition) is 2. The number of aromatic nitrogens is 1. The lowest BCUT2D eigenvalue weighted by Crippen LogP contribution is -1.91. The van der Waals surface area contributed by atoms with Crippen LogP contribution in [0, 0.1) is 6.92 Å². The Kier molecular flexibility index (Phi) is 3.38. The van der Waals surface area contributed by atoms with Gasteiger partial charge in [-0.25, -0.2) is 0 Å². The van der Waals surface area contributed by atoms with Crippen molar-refractivity contribution >= 4 is 16.6 Å². The molecule has 0 saturated carbocycles. The second-order valence-corrected chi connectivity index (χ2v) is 5.16. The van der Waals surface area contributed by atoms with Gasteiger partial charge in [-0.2, -0.15) is 0 Å². The van der Waals surface area contributed by atoms with Crippen LogP contribution in [0.15, 0.2) is 54.7 Å². The first-order valence-corrected chi connectivity index (χ1v) is 6.86. The fourth-order valence-corrected chi connectivity index (χ4v) is 2.43. The zero-order valence-electron chi connectivity index (χ0n) is 11.9. The van der Waals surface area contributed by atoms with Gasteiger partial charge in [-0.3, -0.25) is 4.98 Å². The minimum absolute atomic E-state index is 0.952. The van der Waals surface area contributed by atoms with Gasteiger partial charge in [0.25, 0.3) is 0 Å². The molecule has 1 aromatic heterocycles. The summed E-state index contributed by atoms with van der Waals surface area (Å²) in [6.45, 7) is 2.08. The maximum atomic E-state index is 4.44. The summed E-state index contributed by atoms with van der Waals surface area (Å²) in [6, 6.07) is 17.3. The number of hydrogen-bond donors (Lipinski definition) is 1. The Labute approximate surface area is 119 Å². The van der Waals surface area contributed by atoms with Crippen molar-refractivity contribution in [1.82, 2.24) is 4.98 Å². The lowest BCUT2D eigenvalue weighted by Gasteiger charge is -2.06. The van der Waals surface area contributed by atoms with E-state index in [-0.39, 0.29) is 0 Å². The second-order valence-electron chi connectivity index (χ2n) is 5.16. The SMILES string of the molecule is CNc1ccc(Cc2ccc3ncc(C)cc3c2)cc1. The van der Waals surface area contributed by atoms with Crippen LogP contribution in [-0.4, -0.2) is 12.0 Å². The second kappa shape index (κ2) is 5.33. The van der Waals surface area contributed by atoms with Crippen molar-refractivity contribution in [2.24, 2.45) is 0 Å². The maximum absolute atomic E-state index is 4.44. The Bertz CT molecular complexity index is 730. The predicted octanol–water partition coefficient (Wildman–Crippen LogP) is 4.18. The summed E-state index contributed by atoms with van der Waals surface area (Å²) in [5, 5.41) is 4.36. The highest BCUT2D eigenvalue weighted by atomic mass is 14.8. The highest BCUT2D eigenvalue weighted by molar-refractivity contribution is 5.79. The number of benzene rings is 2. The fourth-order valence-electron chi connectivity index (χ4n) is 2.43. The number of anilines is 1. The molecule has 3 rings (SSSR count). The monoisotopic (exact) mass is 262 g/mol. The van der Waals surface area contributed by atoms with Gasteiger partial charge < -0.3 is 5.32 Å². The van der Waals surface area contributed by atoms with Crippen molar-refractivity contribution in [2.75, 3.05) is 12.4 Å². The molecule has 0 atom stereocenters. The van der Waals surface area contributed by atoms with Crippen molar-refractivity contribution in [3.05, 3.63) is 71.4 Å². The van der Waals surface area contributed by atoms with Gasteiger partial charge in [-0.15, -0.1) is 0 Å². The molecule has 2 heteroatoms. The third-order valence-electron chi connectivity index (χ3n) is 3.53. The maximum Gasteiger partial charge on any atom is 0.0702 e. The van der Waals surface area contributed by atoms with E-state index in [1.165, 1.54) is 22.1 Å². The molecule has 0 radical (unpaired) electrons. The van der Waals surface area contributed by atoms with E-state index in [1.807, 2.05) is 13.2 Å². The summed E-state index contributed by atoms with van der Waals surface area (Å²) in [7, 11) is 1.94. The minimum atomic E-state index is 0.952. The van der Waals surface area contributed by atoms with E-state index in [2.05, 4.69) is 65.8 Å². The van der Waals surface area contributed by atoms with Crippen LogP contribution in [0.2, 0.25) is 0 Å². The Morgan fingerprint density at radius 3 is 2.45 bits per heavy atom. The highest BCUT2D eigenvalue weighted by Crippen LogP contribution is 2.18. The first kappa shape index (κ1) is 12.7. The Balaban J connectivity index is 1.89. The van der Waals surface area contributed by atoms with Gasteiger partial charge in [0.2, 0.25) is 0 Å². The highest BCUT2D eigenvalue weighted by Gasteiger charge is 2.00. The molecule has 20 heavy (non-hydrogen) atoms. The van der Waals surface area contributed by atoms with E-state index in [9.17, 15) is 0 Å². The van der Waals surface area contributed by atoms with Crippen molar-refractivity contribution in [2.45, 2.75) is 13.3 Å². The van der Waals surface area contributed by atoms with Gasteiger partial charge in [0, 0.05) is 24.3 Å². The van der Waals surface area contributed by atoms with E-state index in [4.69, 9.17) is 0 Å². The topological polar surface area (TPSA) is 24.9 Å². The number of aryl methyl sites for hydroxylation is 1. The summed E-state index contributed by atoms with van der Waals surface area (Å²) in [4.78, 5) is 4.44. The number of nitrogens with zero attached hydrogens (tertiary/aromatic N) is 1. The molecule has 1 N–H and O–H groups in total. The fraction of sp³-hybridized carbons (Fsp3) is 0.167. The van der Waals surface area contributed by atoms with Crippen LogP contribution in [0.3, 0.4) is 0 Å². The van der Waals surface area contributed by atoms with E-state index in [1.54, 1.807) is 0 Å². The molecule has 2 aromatic carbocycles. The minimum Gasteiger partial charge on any atom is -0.388 e. The first-order chi connectivity index (χ1) is 9.74. The van der Waals surface area contributed by atoms with Crippen LogP contribution in [0.25, 0.3) is 10.9 Å². The summed E-state index contributed by atoms with van der Waals surface area (Å²) in [6.07, 6.45) is 2.87. The van der Waals surface area contributed by atoms with Crippen LogP contribution < -0.4 is 5.32 Å². The molecule has 1 heterocycles. The van der Waals surface area contributed by atoms with E-state index < -0.39 is 0 Å². The Morgan fingerprint density at radius 2 is 1.70 bits per heavy atom. The normalized spacial score (nSPS) is 10.7. The van der Waals surface area contributed by atoms with Crippen LogP contribution in [0.1, 0.15) is 16.7 Å². The van der Waals surface area contributed by atoms with Crippen LogP contribution in [0.4, 0.5) is 5.69 Å². The molecule has 0 amide bonds. The predicted molar refractivity (Wildman–Crippen MR) is 85.3 cm³/mol. The van der Waals surface area contributed by atoms with Crippen molar-refractivity contribution in [3.63, 3.8) is 0 Å². The van der Waals surface area contributed by atoms with Crippen LogP contribution >= 0.6 is 0 Å². The smallest absolute Gasteiger partial charge is 0.0702 e. The van der Waals surface area contributed by atoms with Gasteiger partial charge in [0.05, 0.1) is 5.52 Å². The Hall–Kier alpha value is -2.35. The summed E-state index contributed by atoms with van der Waals surface area (Å²) < 4.78 is 0. The van der Waals surface area contributed by atoms with E-state index in [0.29, 0.717) is 0 Å². The van der Waals surface area contributed by atoms with Gasteiger partial charge in [0.15, 0.2) is 0 Å². The lowest BCUT2D eigenvalue weighted by atomic mass is 10.0. The van der Waals surface area contributed by atoms with Gasteiger partial charge in [-0.1, -0.05) is 18.2 Å². The molecular weight excluding hydrogens is 244 g/mol. The third-order valence-corrected chi connectivity index (χ3v) is 3.53. The number of fused-ring (bicyclic) bond motifs is 1. The summed E-state index contributed by atoms with van der Waals surface area (Å²) in [5.74, 6) is 0. The molecular formula is C18H18N2. The molecule has 3 aromatic rings. The third kappa shape index (κ3) is 2.64. The standard InChI is InChI=1S/C18H18N2/c1-13-9-16-11-15(5-8-18(16)20-12-13)10-14-3-6-17(19-2)7-4-14/h3-9,11-12,19H,10H2,1-2H3. The summed E-state index contributed by atoms with van der Waals surface area (Å²) >= 11 is 0. The molecule has 0 aliphatic carbocycles. The molecule has 0 unspecified atom stereocenters. The van der Waals surface area contributed by atoms with Crippen LogP contribution in [0.5, 0.6) is 0 Å². The molecule has 0 aliphatic heterocycles. The molecule has 0 saturated heterocycles. The number of rotatable bonds is 3. The van der Waals surface area contributed by atoms with E-state index >= 15 is 0 Å². The van der Waals surface area contributed by atoms with Gasteiger partial charge >= 0.3 is 0 Å². The van der Waals surface area contributed by atoms with Crippen molar-refractivity contribution in [3.8, 4) is 0 Å². The lowest BCUT2D eigenvalue weighted by molar-refractivity contribution is 1.19. The van der Waals surface area contributed by atoms with Gasteiger partial charge in [0.1, 0.15) is 0 Å². The average molecular weight is 262 g/mol. The zero-order chi connectivity index (χ0) is 13.9. The molecule has 0 fully saturated rings. The molecule has 100 valence electrons. The van der Waals surface area contributed by atoms with E-state index in [0.717, 1.165) is 17.6 Å². The number of nitrogens with one attached hydrogen (secondary N) is 1. The largest absolute Gasteiger partial charge is 0.388 e. The first-order valence-electron chi connectivity index (χ1n) is 6.86. The quantitative estimate of drug-likeness (QED) is 0.766. The van der Waals surface area contributed by atoms with Crippen molar-refractivity contribution < 1.29 is 0 Å². The van der Waals surface area contributed by atoms with Crippen LogP contribution in [-0.2, 0) is 6.42 Å². The Morgan fingerprint density at radius 1 is 0.950 bits per heavy atom. The zero-order valence-corrected chi connectivity index (χ0v) is 11.9. The molecule has 2 nitrogen and oxygen atoms in total. The number of pyridine rings is 1.